The largest absolute Gasteiger partial charge is 0.449 e. The van der Waals surface area contributed by atoms with Crippen LogP contribution in [0.15, 0.2) is 18.2 Å². The topological polar surface area (TPSA) is 86.9 Å². The number of aromatic nitrogens is 2. The molecule has 1 atom stereocenters. The van der Waals surface area contributed by atoms with Gasteiger partial charge in [0, 0.05) is 18.2 Å². The Labute approximate surface area is 112 Å². The Morgan fingerprint density at radius 2 is 2.10 bits per heavy atom. The molecule has 0 fully saturated rings. The Bertz CT molecular complexity index is 663. The van der Waals surface area contributed by atoms with E-state index in [1.165, 1.54) is 25.1 Å². The van der Waals surface area contributed by atoms with Crippen LogP contribution >= 0.6 is 0 Å². The zero-order chi connectivity index (χ0) is 15.1. The number of rotatable bonds is 3. The van der Waals surface area contributed by atoms with Crippen molar-refractivity contribution in [1.29, 1.82) is 0 Å². The number of carbonyl (C=O) groups is 1. The monoisotopic (exact) mass is 286 g/mol. The van der Waals surface area contributed by atoms with Crippen molar-refractivity contribution in [2.75, 3.05) is 5.73 Å². The van der Waals surface area contributed by atoms with Gasteiger partial charge in [0.1, 0.15) is 0 Å². The molecule has 108 valence electrons. The molecule has 0 saturated heterocycles. The molecule has 2 aromatic rings. The Morgan fingerprint density at radius 3 is 2.65 bits per heavy atom. The minimum Gasteiger partial charge on any atom is -0.399 e. The second kappa shape index (κ2) is 4.69. The van der Waals surface area contributed by atoms with Crippen molar-refractivity contribution >= 4 is 22.6 Å². The van der Waals surface area contributed by atoms with Crippen molar-refractivity contribution in [2.24, 2.45) is 5.73 Å². The van der Waals surface area contributed by atoms with Crippen LogP contribution in [0.5, 0.6) is 0 Å². The maximum Gasteiger partial charge on any atom is 0.449 e. The van der Waals surface area contributed by atoms with Crippen molar-refractivity contribution in [3.63, 3.8) is 0 Å². The molecule has 1 aromatic carbocycles. The lowest BCUT2D eigenvalue weighted by molar-refractivity contribution is -0.147. The predicted molar refractivity (Wildman–Crippen MR) is 67.7 cm³/mol. The Morgan fingerprint density at radius 1 is 1.45 bits per heavy atom. The molecule has 0 aliphatic carbocycles. The fraction of sp³-hybridized carbons (Fsp3) is 0.333. The molecule has 4 N–H and O–H groups in total. The van der Waals surface area contributed by atoms with E-state index in [1.54, 1.807) is 0 Å². The summed E-state index contributed by atoms with van der Waals surface area (Å²) in [6.45, 7) is 1.48. The molecule has 2 rings (SSSR count). The lowest BCUT2D eigenvalue weighted by Gasteiger charge is -2.17. The van der Waals surface area contributed by atoms with Gasteiger partial charge in [0.25, 0.3) is 0 Å². The van der Waals surface area contributed by atoms with Gasteiger partial charge in [-0.3, -0.25) is 4.79 Å². The van der Waals surface area contributed by atoms with Gasteiger partial charge in [-0.2, -0.15) is 13.2 Å². The summed E-state index contributed by atoms with van der Waals surface area (Å²) in [5.74, 6) is -1.74. The first-order valence-electron chi connectivity index (χ1n) is 5.83. The van der Waals surface area contributed by atoms with E-state index in [2.05, 4.69) is 4.98 Å². The van der Waals surface area contributed by atoms with E-state index in [4.69, 9.17) is 11.5 Å². The summed E-state index contributed by atoms with van der Waals surface area (Å²) >= 11 is 0. The van der Waals surface area contributed by atoms with E-state index >= 15 is 0 Å². The summed E-state index contributed by atoms with van der Waals surface area (Å²) in [6, 6.07) is 3.54. The van der Waals surface area contributed by atoms with E-state index in [-0.39, 0.29) is 17.5 Å². The smallest absolute Gasteiger partial charge is 0.399 e. The Kier molecular flexibility index (Phi) is 3.33. The molecule has 8 heteroatoms. The molecule has 1 aromatic heterocycles. The molecular weight excluding hydrogens is 273 g/mol. The molecule has 0 aliphatic heterocycles. The van der Waals surface area contributed by atoms with Crippen LogP contribution in [-0.2, 0) is 11.0 Å². The van der Waals surface area contributed by atoms with E-state index in [1.807, 2.05) is 0 Å². The third-order valence-electron chi connectivity index (χ3n) is 2.90. The van der Waals surface area contributed by atoms with Crippen LogP contribution < -0.4 is 11.5 Å². The number of nitrogens with zero attached hydrogens (tertiary/aromatic N) is 2. The summed E-state index contributed by atoms with van der Waals surface area (Å²) in [7, 11) is 0. The standard InChI is InChI=1S/C12H13F3N4O/c1-6(4-10(17)20)19-9-3-2-7(16)5-8(9)18-11(19)12(13,14)15/h2-3,5-6H,4,16H2,1H3,(H2,17,20). The fourth-order valence-electron chi connectivity index (χ4n) is 2.14. The summed E-state index contributed by atoms with van der Waals surface area (Å²) in [5, 5.41) is 0. The average Bonchev–Trinajstić information content (AvgIpc) is 2.65. The lowest BCUT2D eigenvalue weighted by atomic mass is 10.2. The number of amides is 1. The summed E-state index contributed by atoms with van der Waals surface area (Å²) in [4.78, 5) is 14.5. The van der Waals surface area contributed by atoms with Gasteiger partial charge in [0.2, 0.25) is 11.7 Å². The third kappa shape index (κ3) is 2.54. The normalized spacial score (nSPS) is 13.6. The van der Waals surface area contributed by atoms with Gasteiger partial charge in [-0.05, 0) is 25.1 Å². The molecule has 0 radical (unpaired) electrons. The number of alkyl halides is 3. The third-order valence-corrected chi connectivity index (χ3v) is 2.90. The van der Waals surface area contributed by atoms with Gasteiger partial charge in [0.05, 0.1) is 11.0 Å². The molecule has 1 unspecified atom stereocenters. The van der Waals surface area contributed by atoms with Gasteiger partial charge in [-0.15, -0.1) is 0 Å². The van der Waals surface area contributed by atoms with Crippen molar-refractivity contribution in [3.8, 4) is 0 Å². The van der Waals surface area contributed by atoms with Crippen LogP contribution in [0.3, 0.4) is 0 Å². The molecular formula is C12H13F3N4O. The number of hydrogen-bond acceptors (Lipinski definition) is 3. The van der Waals surface area contributed by atoms with Crippen LogP contribution in [0.4, 0.5) is 18.9 Å². The van der Waals surface area contributed by atoms with Crippen LogP contribution in [0, 0.1) is 0 Å². The van der Waals surface area contributed by atoms with E-state index in [0.29, 0.717) is 5.69 Å². The lowest BCUT2D eigenvalue weighted by Crippen LogP contribution is -2.22. The summed E-state index contributed by atoms with van der Waals surface area (Å²) in [6.07, 6.45) is -4.83. The zero-order valence-electron chi connectivity index (χ0n) is 10.6. The fourth-order valence-corrected chi connectivity index (χ4v) is 2.14. The molecule has 0 spiro atoms. The van der Waals surface area contributed by atoms with Gasteiger partial charge < -0.3 is 16.0 Å². The minimum atomic E-state index is -4.63. The van der Waals surface area contributed by atoms with Crippen LogP contribution in [0.2, 0.25) is 0 Å². The SMILES string of the molecule is CC(CC(N)=O)n1c(C(F)(F)F)nc2cc(N)ccc21. The van der Waals surface area contributed by atoms with Gasteiger partial charge in [-0.25, -0.2) is 4.98 Å². The van der Waals surface area contributed by atoms with Crippen LogP contribution in [-0.4, -0.2) is 15.5 Å². The minimum absolute atomic E-state index is 0.133. The van der Waals surface area contributed by atoms with Crippen molar-refractivity contribution in [3.05, 3.63) is 24.0 Å². The second-order valence-electron chi connectivity index (χ2n) is 4.57. The van der Waals surface area contributed by atoms with Crippen molar-refractivity contribution in [1.82, 2.24) is 9.55 Å². The predicted octanol–water partition coefficient (Wildman–Crippen LogP) is 2.07. The molecule has 0 bridgehead atoms. The van der Waals surface area contributed by atoms with E-state index in [0.717, 1.165) is 4.57 Å². The number of primary amides is 1. The number of anilines is 1. The number of nitrogens with two attached hydrogens (primary N) is 2. The summed E-state index contributed by atoms with van der Waals surface area (Å²) < 4.78 is 40.1. The maximum atomic E-state index is 13.1. The number of nitrogen functional groups attached to an aromatic ring is 1. The Balaban J connectivity index is 2.67. The molecule has 20 heavy (non-hydrogen) atoms. The number of imidazole rings is 1. The second-order valence-corrected chi connectivity index (χ2v) is 4.57. The number of carbonyl (C=O) groups excluding carboxylic acids is 1. The zero-order valence-corrected chi connectivity index (χ0v) is 10.6. The van der Waals surface area contributed by atoms with Gasteiger partial charge >= 0.3 is 6.18 Å². The van der Waals surface area contributed by atoms with Crippen molar-refractivity contribution < 1.29 is 18.0 Å². The highest BCUT2D eigenvalue weighted by Gasteiger charge is 2.38. The molecule has 0 saturated carbocycles. The molecule has 1 amide bonds. The van der Waals surface area contributed by atoms with Crippen LogP contribution in [0.1, 0.15) is 25.2 Å². The molecule has 5 nitrogen and oxygen atoms in total. The first-order chi connectivity index (χ1) is 9.20. The van der Waals surface area contributed by atoms with Gasteiger partial charge in [0.15, 0.2) is 0 Å². The Hall–Kier alpha value is -2.25. The van der Waals surface area contributed by atoms with Gasteiger partial charge in [-0.1, -0.05) is 0 Å². The highest BCUT2D eigenvalue weighted by Crippen LogP contribution is 2.34. The number of hydrogen-bond donors (Lipinski definition) is 2. The molecule has 0 aliphatic rings. The van der Waals surface area contributed by atoms with E-state index in [9.17, 15) is 18.0 Å². The van der Waals surface area contributed by atoms with Crippen LogP contribution in [0.25, 0.3) is 11.0 Å². The van der Waals surface area contributed by atoms with E-state index < -0.39 is 23.9 Å². The quantitative estimate of drug-likeness (QED) is 0.847. The number of benzene rings is 1. The highest BCUT2D eigenvalue weighted by atomic mass is 19.4. The van der Waals surface area contributed by atoms with Crippen molar-refractivity contribution in [2.45, 2.75) is 25.6 Å². The maximum absolute atomic E-state index is 13.1. The highest BCUT2D eigenvalue weighted by molar-refractivity contribution is 5.80. The first-order valence-corrected chi connectivity index (χ1v) is 5.83. The molecule has 1 heterocycles. The number of halogens is 3. The first kappa shape index (κ1) is 14.2. The summed E-state index contributed by atoms with van der Waals surface area (Å²) in [5.41, 5.74) is 11.3. The number of fused-ring (bicyclic) bond motifs is 1. The average molecular weight is 286 g/mol.